The van der Waals surface area contributed by atoms with Crippen molar-refractivity contribution in [2.24, 2.45) is 0 Å². The fraction of sp³-hybridized carbons (Fsp3) is 0.357. The van der Waals surface area contributed by atoms with Gasteiger partial charge in [0.1, 0.15) is 4.88 Å². The molecule has 2 aromatic rings. The molecule has 1 N–H and O–H groups in total. The van der Waals surface area contributed by atoms with Gasteiger partial charge in [0.25, 0.3) is 5.91 Å². The van der Waals surface area contributed by atoms with Gasteiger partial charge in [0, 0.05) is 16.7 Å². The molecular weight excluding hydrogens is 282 g/mol. The fourth-order valence-corrected chi connectivity index (χ4v) is 3.69. The quantitative estimate of drug-likeness (QED) is 0.921. The Kier molecular flexibility index (Phi) is 3.73. The predicted molar refractivity (Wildman–Crippen MR) is 78.1 cm³/mol. The summed E-state index contributed by atoms with van der Waals surface area (Å²) in [5.41, 5.74) is 0. The van der Waals surface area contributed by atoms with Crippen molar-refractivity contribution in [3.05, 3.63) is 34.2 Å². The first-order valence-electron chi connectivity index (χ1n) is 6.31. The monoisotopic (exact) mass is 295 g/mol. The molecule has 0 bridgehead atoms. The molecule has 3 rings (SSSR count). The number of fused-ring (bicyclic) bond motifs is 1. The molecule has 1 unspecified atom stereocenters. The third-order valence-electron chi connectivity index (χ3n) is 3.24. The summed E-state index contributed by atoms with van der Waals surface area (Å²) in [5, 5.41) is 4.49. The van der Waals surface area contributed by atoms with Crippen molar-refractivity contribution in [1.82, 2.24) is 5.32 Å². The summed E-state index contributed by atoms with van der Waals surface area (Å²) in [7, 11) is 0. The smallest absolute Gasteiger partial charge is 0.263 e. The Morgan fingerprint density at radius 2 is 2.26 bits per heavy atom. The van der Waals surface area contributed by atoms with Gasteiger partial charge in [-0.25, -0.2) is 0 Å². The minimum Gasteiger partial charge on any atom is -0.379 e. The van der Waals surface area contributed by atoms with Crippen LogP contribution in [-0.2, 0) is 4.74 Å². The molecule has 0 saturated carbocycles. The summed E-state index contributed by atoms with van der Waals surface area (Å²) in [6.45, 7) is 1.38. The summed E-state index contributed by atoms with van der Waals surface area (Å²) < 4.78 is 6.40. The van der Waals surface area contributed by atoms with Crippen LogP contribution < -0.4 is 5.32 Å². The van der Waals surface area contributed by atoms with Crippen LogP contribution in [0.1, 0.15) is 22.5 Å². The summed E-state index contributed by atoms with van der Waals surface area (Å²) in [6, 6.07) is 7.90. The Balaban J connectivity index is 1.83. The Bertz CT molecular complexity index is 605. The van der Waals surface area contributed by atoms with Crippen molar-refractivity contribution in [2.45, 2.75) is 18.9 Å². The van der Waals surface area contributed by atoms with E-state index >= 15 is 0 Å². The van der Waals surface area contributed by atoms with E-state index in [4.69, 9.17) is 16.3 Å². The maximum atomic E-state index is 12.3. The van der Waals surface area contributed by atoms with E-state index in [9.17, 15) is 4.79 Å². The molecule has 1 atom stereocenters. The van der Waals surface area contributed by atoms with Crippen LogP contribution in [0.4, 0.5) is 0 Å². The fourth-order valence-electron chi connectivity index (χ4n) is 2.27. The van der Waals surface area contributed by atoms with Gasteiger partial charge in [-0.15, -0.1) is 11.3 Å². The lowest BCUT2D eigenvalue weighted by Gasteiger charge is -2.22. The highest BCUT2D eigenvalue weighted by Crippen LogP contribution is 2.35. The molecule has 100 valence electrons. The molecule has 1 aromatic heterocycles. The minimum absolute atomic E-state index is 0.0956. The second kappa shape index (κ2) is 5.49. The van der Waals surface area contributed by atoms with Crippen molar-refractivity contribution < 1.29 is 9.53 Å². The van der Waals surface area contributed by atoms with Crippen LogP contribution in [0.5, 0.6) is 0 Å². The Hall–Kier alpha value is -1.10. The number of ether oxygens (including phenoxy) is 1. The van der Waals surface area contributed by atoms with Crippen LogP contribution in [0.15, 0.2) is 24.3 Å². The summed E-state index contributed by atoms with van der Waals surface area (Å²) >= 11 is 7.72. The molecule has 0 radical (unpaired) electrons. The molecule has 1 aliphatic rings. The van der Waals surface area contributed by atoms with Gasteiger partial charge < -0.3 is 10.1 Å². The number of amides is 1. The van der Waals surface area contributed by atoms with Gasteiger partial charge in [-0.2, -0.15) is 0 Å². The minimum atomic E-state index is -0.0956. The van der Waals surface area contributed by atoms with Crippen molar-refractivity contribution in [3.8, 4) is 0 Å². The van der Waals surface area contributed by atoms with E-state index in [-0.39, 0.29) is 11.9 Å². The standard InChI is InChI=1S/C14H14ClNO2S/c15-12-10-5-1-2-6-11(10)19-13(12)14(17)16-9-4-3-7-18-8-9/h1-2,5-6,9H,3-4,7-8H2,(H,16,17). The second-order valence-corrected chi connectivity index (χ2v) is 6.06. The molecule has 19 heavy (non-hydrogen) atoms. The molecule has 0 spiro atoms. The lowest BCUT2D eigenvalue weighted by molar-refractivity contribution is 0.0626. The average Bonchev–Trinajstić information content (AvgIpc) is 2.78. The summed E-state index contributed by atoms with van der Waals surface area (Å²) in [6.07, 6.45) is 1.96. The number of thiophene rings is 1. The van der Waals surface area contributed by atoms with Crippen molar-refractivity contribution in [3.63, 3.8) is 0 Å². The molecular formula is C14H14ClNO2S. The number of carbonyl (C=O) groups excluding carboxylic acids is 1. The first kappa shape index (κ1) is 12.9. The van der Waals surface area contributed by atoms with Crippen LogP contribution in [0.25, 0.3) is 10.1 Å². The lowest BCUT2D eigenvalue weighted by Crippen LogP contribution is -2.40. The van der Waals surface area contributed by atoms with Gasteiger partial charge in [-0.1, -0.05) is 29.8 Å². The maximum Gasteiger partial charge on any atom is 0.263 e. The Morgan fingerprint density at radius 3 is 3.00 bits per heavy atom. The van der Waals surface area contributed by atoms with Crippen LogP contribution in [0.2, 0.25) is 5.02 Å². The van der Waals surface area contributed by atoms with Gasteiger partial charge in [0.2, 0.25) is 0 Å². The van der Waals surface area contributed by atoms with E-state index in [0.717, 1.165) is 29.5 Å². The zero-order valence-corrected chi connectivity index (χ0v) is 11.9. The molecule has 2 heterocycles. The van der Waals surface area contributed by atoms with Gasteiger partial charge >= 0.3 is 0 Å². The van der Waals surface area contributed by atoms with Gasteiger partial charge in [-0.05, 0) is 18.9 Å². The van der Waals surface area contributed by atoms with E-state index in [1.165, 1.54) is 11.3 Å². The topological polar surface area (TPSA) is 38.3 Å². The number of benzene rings is 1. The highest BCUT2D eigenvalue weighted by atomic mass is 35.5. The average molecular weight is 296 g/mol. The zero-order valence-electron chi connectivity index (χ0n) is 10.3. The van der Waals surface area contributed by atoms with Gasteiger partial charge in [-0.3, -0.25) is 4.79 Å². The summed E-state index contributed by atoms with van der Waals surface area (Å²) in [4.78, 5) is 12.9. The van der Waals surface area contributed by atoms with Crippen LogP contribution >= 0.6 is 22.9 Å². The predicted octanol–water partition coefficient (Wildman–Crippen LogP) is 3.46. The molecule has 5 heteroatoms. The van der Waals surface area contributed by atoms with Crippen LogP contribution in [-0.4, -0.2) is 25.2 Å². The molecule has 1 aromatic carbocycles. The van der Waals surface area contributed by atoms with Crippen LogP contribution in [0, 0.1) is 0 Å². The normalized spacial score (nSPS) is 19.5. The van der Waals surface area contributed by atoms with Crippen LogP contribution in [0.3, 0.4) is 0 Å². The zero-order chi connectivity index (χ0) is 13.2. The number of nitrogens with one attached hydrogen (secondary N) is 1. The van der Waals surface area contributed by atoms with Crippen molar-refractivity contribution in [2.75, 3.05) is 13.2 Å². The highest BCUT2D eigenvalue weighted by Gasteiger charge is 2.21. The van der Waals surface area contributed by atoms with Crippen molar-refractivity contribution in [1.29, 1.82) is 0 Å². The SMILES string of the molecule is O=C(NC1CCCOC1)c1sc2ccccc2c1Cl. The Labute approximate surface area is 120 Å². The molecule has 1 aliphatic heterocycles. The van der Waals surface area contributed by atoms with Gasteiger partial charge in [0.05, 0.1) is 17.7 Å². The number of rotatable bonds is 2. The molecule has 1 saturated heterocycles. The number of hydrogen-bond donors (Lipinski definition) is 1. The van der Waals surface area contributed by atoms with E-state index in [2.05, 4.69) is 5.32 Å². The van der Waals surface area contributed by atoms with E-state index in [1.54, 1.807) is 0 Å². The first-order chi connectivity index (χ1) is 9.25. The number of carbonyl (C=O) groups is 1. The Morgan fingerprint density at radius 1 is 1.42 bits per heavy atom. The third-order valence-corrected chi connectivity index (χ3v) is 4.91. The molecule has 1 fully saturated rings. The molecule has 3 nitrogen and oxygen atoms in total. The highest BCUT2D eigenvalue weighted by molar-refractivity contribution is 7.21. The molecule has 0 aliphatic carbocycles. The largest absolute Gasteiger partial charge is 0.379 e. The van der Waals surface area contributed by atoms with Gasteiger partial charge in [0.15, 0.2) is 0 Å². The third kappa shape index (κ3) is 2.61. The number of halogens is 1. The summed E-state index contributed by atoms with van der Waals surface area (Å²) in [5.74, 6) is -0.0956. The van der Waals surface area contributed by atoms with E-state index < -0.39 is 0 Å². The van der Waals surface area contributed by atoms with E-state index in [0.29, 0.717) is 16.5 Å². The molecule has 1 amide bonds. The first-order valence-corrected chi connectivity index (χ1v) is 7.51. The number of hydrogen-bond acceptors (Lipinski definition) is 3. The van der Waals surface area contributed by atoms with E-state index in [1.807, 2.05) is 24.3 Å². The maximum absolute atomic E-state index is 12.3. The lowest BCUT2D eigenvalue weighted by atomic mass is 10.1. The van der Waals surface area contributed by atoms with Crippen molar-refractivity contribution >= 4 is 38.9 Å². The second-order valence-electron chi connectivity index (χ2n) is 4.63.